The van der Waals surface area contributed by atoms with Crippen LogP contribution in [0.4, 0.5) is 0 Å². The highest BCUT2D eigenvalue weighted by Crippen LogP contribution is 2.30. The maximum Gasteiger partial charge on any atom is 0.219 e. The van der Waals surface area contributed by atoms with E-state index in [1.807, 2.05) is 7.05 Å². The molecule has 3 heteroatoms. The summed E-state index contributed by atoms with van der Waals surface area (Å²) in [6.45, 7) is 2.75. The van der Waals surface area contributed by atoms with E-state index >= 15 is 0 Å². The Hall–Kier alpha value is -0.570. The van der Waals surface area contributed by atoms with Crippen molar-refractivity contribution in [2.24, 2.45) is 11.8 Å². The van der Waals surface area contributed by atoms with E-state index in [0.29, 0.717) is 18.4 Å². The van der Waals surface area contributed by atoms with Gasteiger partial charge in [0, 0.05) is 27.1 Å². The van der Waals surface area contributed by atoms with Crippen LogP contribution < -0.4 is 0 Å². The molecule has 1 fully saturated rings. The quantitative estimate of drug-likeness (QED) is 0.709. The fourth-order valence-electron chi connectivity index (χ4n) is 2.03. The van der Waals surface area contributed by atoms with Gasteiger partial charge in [0.05, 0.1) is 0 Å². The van der Waals surface area contributed by atoms with Crippen LogP contribution in [0.1, 0.15) is 26.2 Å². The smallest absolute Gasteiger partial charge is 0.219 e. The number of amides is 1. The summed E-state index contributed by atoms with van der Waals surface area (Å²) in [6, 6.07) is 0. The Morgan fingerprint density at radius 3 is 2.54 bits per heavy atom. The Bertz CT molecular complexity index is 182. The number of carbonyl (C=O) groups is 1. The van der Waals surface area contributed by atoms with Crippen LogP contribution in [-0.4, -0.2) is 36.1 Å². The molecule has 0 bridgehead atoms. The third-order valence-electron chi connectivity index (χ3n) is 2.98. The van der Waals surface area contributed by atoms with Crippen molar-refractivity contribution < 1.29 is 9.90 Å². The molecular formula is C10H19NO2. The zero-order valence-electron chi connectivity index (χ0n) is 8.49. The Kier molecular flexibility index (Phi) is 3.72. The number of carbonyl (C=O) groups excluding carboxylic acids is 1. The average molecular weight is 185 g/mol. The van der Waals surface area contributed by atoms with Crippen molar-refractivity contribution in [3.05, 3.63) is 0 Å². The number of hydrogen-bond donors (Lipinski definition) is 1. The second-order valence-corrected chi connectivity index (χ2v) is 4.13. The summed E-state index contributed by atoms with van der Waals surface area (Å²) in [4.78, 5) is 12.7. The normalized spacial score (nSPS) is 27.6. The van der Waals surface area contributed by atoms with E-state index in [1.165, 1.54) is 0 Å². The van der Waals surface area contributed by atoms with Crippen LogP contribution in [0.5, 0.6) is 0 Å². The molecule has 0 radical (unpaired) electrons. The zero-order chi connectivity index (χ0) is 9.84. The number of aliphatic hydroxyl groups excluding tert-OH is 1. The predicted molar refractivity (Wildman–Crippen MR) is 51.2 cm³/mol. The van der Waals surface area contributed by atoms with Crippen LogP contribution in [0.2, 0.25) is 0 Å². The molecule has 2 atom stereocenters. The van der Waals surface area contributed by atoms with Gasteiger partial charge in [0.15, 0.2) is 0 Å². The lowest BCUT2D eigenvalue weighted by molar-refractivity contribution is -0.128. The van der Waals surface area contributed by atoms with E-state index in [2.05, 4.69) is 0 Å². The van der Waals surface area contributed by atoms with Gasteiger partial charge in [0.25, 0.3) is 0 Å². The molecule has 1 N–H and O–H groups in total. The van der Waals surface area contributed by atoms with Gasteiger partial charge in [-0.15, -0.1) is 0 Å². The summed E-state index contributed by atoms with van der Waals surface area (Å²) in [5, 5.41) is 8.95. The van der Waals surface area contributed by atoms with Gasteiger partial charge in [0.2, 0.25) is 5.91 Å². The molecule has 0 aliphatic heterocycles. The van der Waals surface area contributed by atoms with Gasteiger partial charge in [-0.2, -0.15) is 0 Å². The van der Waals surface area contributed by atoms with E-state index in [4.69, 9.17) is 5.11 Å². The molecule has 0 heterocycles. The molecule has 76 valence electrons. The van der Waals surface area contributed by atoms with Gasteiger partial charge in [-0.3, -0.25) is 4.79 Å². The van der Waals surface area contributed by atoms with Crippen LogP contribution in [-0.2, 0) is 4.79 Å². The molecule has 0 spiro atoms. The van der Waals surface area contributed by atoms with E-state index in [-0.39, 0.29) is 5.91 Å². The van der Waals surface area contributed by atoms with Gasteiger partial charge in [0.1, 0.15) is 0 Å². The largest absolute Gasteiger partial charge is 0.396 e. The van der Waals surface area contributed by atoms with Gasteiger partial charge < -0.3 is 10.0 Å². The van der Waals surface area contributed by atoms with Gasteiger partial charge >= 0.3 is 0 Å². The summed E-state index contributed by atoms with van der Waals surface area (Å²) < 4.78 is 0. The Morgan fingerprint density at radius 2 is 2.08 bits per heavy atom. The highest BCUT2D eigenvalue weighted by atomic mass is 16.3. The van der Waals surface area contributed by atoms with Crippen molar-refractivity contribution in [3.8, 4) is 0 Å². The standard InChI is InChI=1S/C10H19NO2/c1-8(13)11(2)6-9-3-4-10(5-9)7-12/h9-10,12H,3-7H2,1-2H3. The number of aliphatic hydroxyl groups is 1. The van der Waals surface area contributed by atoms with Crippen LogP contribution >= 0.6 is 0 Å². The summed E-state index contributed by atoms with van der Waals surface area (Å²) in [5.74, 6) is 1.21. The molecule has 1 amide bonds. The van der Waals surface area contributed by atoms with Crippen LogP contribution in [0, 0.1) is 11.8 Å². The summed E-state index contributed by atoms with van der Waals surface area (Å²) in [6.07, 6.45) is 3.35. The monoisotopic (exact) mass is 185 g/mol. The van der Waals surface area contributed by atoms with Crippen LogP contribution in [0.15, 0.2) is 0 Å². The first-order chi connectivity index (χ1) is 6.13. The lowest BCUT2D eigenvalue weighted by Crippen LogP contribution is -2.29. The summed E-state index contributed by atoms with van der Waals surface area (Å²) in [5.41, 5.74) is 0. The maximum absolute atomic E-state index is 11.0. The lowest BCUT2D eigenvalue weighted by Gasteiger charge is -2.19. The molecule has 0 aromatic carbocycles. The maximum atomic E-state index is 11.0. The first-order valence-electron chi connectivity index (χ1n) is 4.96. The molecule has 13 heavy (non-hydrogen) atoms. The number of nitrogens with zero attached hydrogens (tertiary/aromatic N) is 1. The molecule has 3 nitrogen and oxygen atoms in total. The SMILES string of the molecule is CC(=O)N(C)CC1CCC(CO)C1. The third-order valence-corrected chi connectivity index (χ3v) is 2.98. The molecule has 1 saturated carbocycles. The molecular weight excluding hydrogens is 166 g/mol. The van der Waals surface area contributed by atoms with Crippen molar-refractivity contribution in [3.63, 3.8) is 0 Å². The first-order valence-corrected chi connectivity index (χ1v) is 4.96. The lowest BCUT2D eigenvalue weighted by atomic mass is 10.1. The zero-order valence-corrected chi connectivity index (χ0v) is 8.49. The predicted octanol–water partition coefficient (Wildman–Crippen LogP) is 0.873. The molecule has 1 rings (SSSR count). The average Bonchev–Trinajstić information content (AvgIpc) is 2.52. The molecule has 1 aliphatic carbocycles. The molecule has 1 aliphatic rings. The van der Waals surface area contributed by atoms with Gasteiger partial charge in [-0.25, -0.2) is 0 Å². The minimum Gasteiger partial charge on any atom is -0.396 e. The first kappa shape index (κ1) is 10.5. The summed E-state index contributed by atoms with van der Waals surface area (Å²) >= 11 is 0. The molecule has 0 aromatic heterocycles. The molecule has 0 aromatic rings. The second kappa shape index (κ2) is 4.61. The van der Waals surface area contributed by atoms with E-state index in [0.717, 1.165) is 25.8 Å². The van der Waals surface area contributed by atoms with Crippen molar-refractivity contribution in [2.45, 2.75) is 26.2 Å². The molecule has 2 unspecified atom stereocenters. The Balaban J connectivity index is 2.27. The van der Waals surface area contributed by atoms with E-state index in [9.17, 15) is 4.79 Å². The van der Waals surface area contributed by atoms with Crippen molar-refractivity contribution in [1.29, 1.82) is 0 Å². The van der Waals surface area contributed by atoms with Crippen LogP contribution in [0.25, 0.3) is 0 Å². The van der Waals surface area contributed by atoms with Crippen molar-refractivity contribution in [2.75, 3.05) is 20.2 Å². The number of hydrogen-bond acceptors (Lipinski definition) is 2. The van der Waals surface area contributed by atoms with Crippen molar-refractivity contribution in [1.82, 2.24) is 4.90 Å². The van der Waals surface area contributed by atoms with E-state index in [1.54, 1.807) is 11.8 Å². The third kappa shape index (κ3) is 2.99. The van der Waals surface area contributed by atoms with Gasteiger partial charge in [-0.05, 0) is 31.1 Å². The highest BCUT2D eigenvalue weighted by molar-refractivity contribution is 5.72. The summed E-state index contributed by atoms with van der Waals surface area (Å²) in [7, 11) is 1.84. The second-order valence-electron chi connectivity index (χ2n) is 4.13. The highest BCUT2D eigenvalue weighted by Gasteiger charge is 2.25. The fraction of sp³-hybridized carbons (Fsp3) is 0.900. The number of rotatable bonds is 3. The Labute approximate surface area is 79.7 Å². The molecule has 0 saturated heterocycles. The van der Waals surface area contributed by atoms with E-state index < -0.39 is 0 Å². The minimum atomic E-state index is 0.132. The fourth-order valence-corrected chi connectivity index (χ4v) is 2.03. The Morgan fingerprint density at radius 1 is 1.46 bits per heavy atom. The topological polar surface area (TPSA) is 40.5 Å². The minimum absolute atomic E-state index is 0.132. The van der Waals surface area contributed by atoms with Crippen molar-refractivity contribution >= 4 is 5.91 Å². The van der Waals surface area contributed by atoms with Crippen LogP contribution in [0.3, 0.4) is 0 Å². The van der Waals surface area contributed by atoms with Gasteiger partial charge in [-0.1, -0.05) is 0 Å².